The Balaban J connectivity index is 0.000000324. The van der Waals surface area contributed by atoms with Gasteiger partial charge >= 0.3 is 11.9 Å². The first kappa shape index (κ1) is 35.9. The van der Waals surface area contributed by atoms with Crippen LogP contribution in [0.2, 0.25) is 0 Å². The first-order chi connectivity index (χ1) is 20.5. The Bertz CT molecular complexity index is 1340. The summed E-state index contributed by atoms with van der Waals surface area (Å²) in [5.74, 6) is -1.21. The molecule has 0 aliphatic carbocycles. The molecule has 0 unspecified atom stereocenters. The molecule has 3 rings (SSSR count). The number of carbonyl (C=O) groups excluding carboxylic acids is 3. The molecular formula is C34H41N3O6. The molecule has 2 N–H and O–H groups in total. The summed E-state index contributed by atoms with van der Waals surface area (Å²) in [4.78, 5) is 36.5. The van der Waals surface area contributed by atoms with Gasteiger partial charge in [-0.3, -0.25) is 10.0 Å². The lowest BCUT2D eigenvalue weighted by Crippen LogP contribution is -2.15. The van der Waals surface area contributed by atoms with E-state index in [0.717, 1.165) is 33.6 Å². The van der Waals surface area contributed by atoms with Crippen LogP contribution in [-0.4, -0.2) is 65.5 Å². The van der Waals surface area contributed by atoms with Crippen molar-refractivity contribution in [3.63, 3.8) is 0 Å². The number of esters is 2. The number of rotatable bonds is 8. The fourth-order valence-corrected chi connectivity index (χ4v) is 3.50. The smallest absolute Gasteiger partial charge is 0.330 e. The van der Waals surface area contributed by atoms with Crippen LogP contribution in [0.1, 0.15) is 22.3 Å². The molecule has 0 aromatic heterocycles. The van der Waals surface area contributed by atoms with Crippen molar-refractivity contribution in [2.75, 3.05) is 52.2 Å². The van der Waals surface area contributed by atoms with Crippen LogP contribution in [0, 0.1) is 6.92 Å². The molecular weight excluding hydrogens is 546 g/mol. The Hall–Kier alpha value is -5.15. The monoisotopic (exact) mass is 587 g/mol. The summed E-state index contributed by atoms with van der Waals surface area (Å²) in [6.45, 7) is 2.00. The minimum atomic E-state index is -0.538. The zero-order valence-electron chi connectivity index (χ0n) is 25.8. The van der Waals surface area contributed by atoms with Crippen LogP contribution >= 0.6 is 0 Å². The molecule has 0 saturated carbocycles. The largest absolute Gasteiger partial charge is 0.466 e. The van der Waals surface area contributed by atoms with E-state index in [1.54, 1.807) is 23.7 Å². The summed E-state index contributed by atoms with van der Waals surface area (Å²) in [7, 11) is 10.5. The molecule has 0 aliphatic rings. The van der Waals surface area contributed by atoms with E-state index in [1.165, 1.54) is 32.4 Å². The third-order valence-corrected chi connectivity index (χ3v) is 5.75. The Morgan fingerprint density at radius 3 is 1.40 bits per heavy atom. The zero-order valence-corrected chi connectivity index (χ0v) is 25.8. The fraction of sp³-hybridized carbons (Fsp3) is 0.206. The number of aryl methyl sites for hydroxylation is 1. The third kappa shape index (κ3) is 13.8. The number of hydrogen-bond acceptors (Lipinski definition) is 8. The molecule has 0 radical (unpaired) electrons. The number of methoxy groups -OCH3 is 2. The normalized spacial score (nSPS) is 10.3. The fourth-order valence-electron chi connectivity index (χ4n) is 3.50. The van der Waals surface area contributed by atoms with E-state index >= 15 is 0 Å². The van der Waals surface area contributed by atoms with Gasteiger partial charge < -0.3 is 19.3 Å². The molecule has 0 aliphatic heterocycles. The summed E-state index contributed by atoms with van der Waals surface area (Å²) >= 11 is 0. The lowest BCUT2D eigenvalue weighted by atomic mass is 10.1. The average molecular weight is 588 g/mol. The van der Waals surface area contributed by atoms with Crippen molar-refractivity contribution in [1.82, 2.24) is 5.48 Å². The number of para-hydroxylation sites is 2. The van der Waals surface area contributed by atoms with Gasteiger partial charge in [0.1, 0.15) is 0 Å². The topological polar surface area (TPSA) is 108 Å². The molecule has 0 fully saturated rings. The second kappa shape index (κ2) is 19.8. The number of benzene rings is 3. The minimum Gasteiger partial charge on any atom is -0.466 e. The molecule has 3 aromatic rings. The summed E-state index contributed by atoms with van der Waals surface area (Å²) in [5.41, 5.74) is 7.72. The second-order valence-electron chi connectivity index (χ2n) is 9.29. The van der Waals surface area contributed by atoms with Crippen LogP contribution in [0.15, 0.2) is 91.0 Å². The zero-order chi connectivity index (χ0) is 32.2. The SMILES string of the molecule is CN(C)c1ccccc1/C=C/C(=O)NO.COC(=O)/C=C/c1ccccc1C.COC(=O)/C=C/c1ccccc1N(C)C. The maximum atomic E-state index is 10.9. The van der Waals surface area contributed by atoms with E-state index in [9.17, 15) is 14.4 Å². The summed E-state index contributed by atoms with van der Waals surface area (Å²) < 4.78 is 9.02. The van der Waals surface area contributed by atoms with Crippen molar-refractivity contribution in [2.24, 2.45) is 0 Å². The van der Waals surface area contributed by atoms with Crippen LogP contribution in [0.3, 0.4) is 0 Å². The summed E-state index contributed by atoms with van der Waals surface area (Å²) in [5, 5.41) is 8.33. The van der Waals surface area contributed by atoms with Gasteiger partial charge in [-0.05, 0) is 59.5 Å². The molecule has 9 heteroatoms. The van der Waals surface area contributed by atoms with Gasteiger partial charge in [-0.15, -0.1) is 0 Å². The molecule has 0 bridgehead atoms. The van der Waals surface area contributed by atoms with Gasteiger partial charge in [-0.1, -0.05) is 60.7 Å². The number of hydrogen-bond donors (Lipinski definition) is 2. The highest BCUT2D eigenvalue weighted by atomic mass is 16.5. The number of nitrogens with one attached hydrogen (secondary N) is 1. The Kier molecular flexibility index (Phi) is 16.6. The molecule has 0 spiro atoms. The van der Waals surface area contributed by atoms with Gasteiger partial charge in [0.2, 0.25) is 0 Å². The minimum absolute atomic E-state index is 0.330. The molecule has 43 heavy (non-hydrogen) atoms. The molecule has 3 aromatic carbocycles. The highest BCUT2D eigenvalue weighted by molar-refractivity contribution is 5.92. The standard InChI is InChI=1S/C12H15NO2.C11H14N2O2.C11H12O2/c1-13(2)11-7-5-4-6-10(11)8-9-12(14)15-3;1-13(2)10-6-4-3-5-9(10)7-8-11(14)12-15;1-9-5-3-4-6-10(9)7-8-11(12)13-2/h4-9H,1-3H3;3-8,15H,1-2H3,(H,12,14);3-8H,1-2H3/b9-8+;2*8-7+. The van der Waals surface area contributed by atoms with Crippen molar-refractivity contribution >= 4 is 47.4 Å². The molecule has 0 saturated heterocycles. The van der Waals surface area contributed by atoms with E-state index < -0.39 is 5.91 Å². The second-order valence-corrected chi connectivity index (χ2v) is 9.29. The highest BCUT2D eigenvalue weighted by Crippen LogP contribution is 2.20. The van der Waals surface area contributed by atoms with Crippen molar-refractivity contribution in [1.29, 1.82) is 0 Å². The maximum absolute atomic E-state index is 10.9. The summed E-state index contributed by atoms with van der Waals surface area (Å²) in [6.07, 6.45) is 9.27. The number of anilines is 2. The Morgan fingerprint density at radius 1 is 0.628 bits per heavy atom. The van der Waals surface area contributed by atoms with E-state index in [0.29, 0.717) is 0 Å². The number of carbonyl (C=O) groups is 3. The number of nitrogens with zero attached hydrogens (tertiary/aromatic N) is 2. The molecule has 1 amide bonds. The number of hydroxylamine groups is 1. The lowest BCUT2D eigenvalue weighted by molar-refractivity contribution is -0.135. The van der Waals surface area contributed by atoms with Gasteiger partial charge in [0.05, 0.1) is 14.2 Å². The third-order valence-electron chi connectivity index (χ3n) is 5.75. The summed E-state index contributed by atoms with van der Waals surface area (Å²) in [6, 6.07) is 23.4. The van der Waals surface area contributed by atoms with E-state index in [1.807, 2.05) is 118 Å². The Morgan fingerprint density at radius 2 is 1.00 bits per heavy atom. The quantitative estimate of drug-likeness (QED) is 0.156. The van der Waals surface area contributed by atoms with Crippen LogP contribution in [0.25, 0.3) is 18.2 Å². The predicted molar refractivity (Wildman–Crippen MR) is 174 cm³/mol. The van der Waals surface area contributed by atoms with E-state index in [-0.39, 0.29) is 11.9 Å². The van der Waals surface area contributed by atoms with Gasteiger partial charge in [0, 0.05) is 57.8 Å². The predicted octanol–water partition coefficient (Wildman–Crippen LogP) is 5.39. The first-order valence-electron chi connectivity index (χ1n) is 13.3. The van der Waals surface area contributed by atoms with Crippen molar-refractivity contribution in [3.05, 3.63) is 113 Å². The molecule has 0 heterocycles. The average Bonchev–Trinajstić information content (AvgIpc) is 3.02. The van der Waals surface area contributed by atoms with Crippen LogP contribution in [-0.2, 0) is 23.9 Å². The van der Waals surface area contributed by atoms with Crippen LogP contribution in [0.5, 0.6) is 0 Å². The molecule has 0 atom stereocenters. The maximum Gasteiger partial charge on any atom is 0.330 e. The van der Waals surface area contributed by atoms with Gasteiger partial charge in [-0.2, -0.15) is 0 Å². The Labute approximate surface area is 254 Å². The number of ether oxygens (including phenoxy) is 2. The van der Waals surface area contributed by atoms with Crippen LogP contribution in [0.4, 0.5) is 11.4 Å². The first-order valence-corrected chi connectivity index (χ1v) is 13.3. The van der Waals surface area contributed by atoms with E-state index in [2.05, 4.69) is 9.47 Å². The lowest BCUT2D eigenvalue weighted by Gasteiger charge is -2.15. The molecule has 9 nitrogen and oxygen atoms in total. The number of amides is 1. The molecule has 228 valence electrons. The highest BCUT2D eigenvalue weighted by Gasteiger charge is 2.01. The van der Waals surface area contributed by atoms with Crippen molar-refractivity contribution in [3.8, 4) is 0 Å². The van der Waals surface area contributed by atoms with Gasteiger partial charge in [-0.25, -0.2) is 15.1 Å². The van der Waals surface area contributed by atoms with Crippen LogP contribution < -0.4 is 15.3 Å². The van der Waals surface area contributed by atoms with Crippen molar-refractivity contribution < 1.29 is 29.1 Å². The van der Waals surface area contributed by atoms with Gasteiger partial charge in [0.25, 0.3) is 5.91 Å². The van der Waals surface area contributed by atoms with Crippen molar-refractivity contribution in [2.45, 2.75) is 6.92 Å². The van der Waals surface area contributed by atoms with Gasteiger partial charge in [0.15, 0.2) is 0 Å². The van der Waals surface area contributed by atoms with E-state index in [4.69, 9.17) is 5.21 Å².